The highest BCUT2D eigenvalue weighted by atomic mass is 35.5. The van der Waals surface area contributed by atoms with Gasteiger partial charge < -0.3 is 5.73 Å². The molecule has 6 heteroatoms. The van der Waals surface area contributed by atoms with Gasteiger partial charge in [-0.05, 0) is 18.2 Å². The van der Waals surface area contributed by atoms with Crippen LogP contribution >= 0.6 is 23.2 Å². The van der Waals surface area contributed by atoms with Crippen LogP contribution in [0, 0.1) is 0 Å². The minimum absolute atomic E-state index is 0.185. The summed E-state index contributed by atoms with van der Waals surface area (Å²) in [7, 11) is 0. The fourth-order valence-corrected chi connectivity index (χ4v) is 1.95. The zero-order valence-corrected chi connectivity index (χ0v) is 9.36. The third-order valence-corrected chi connectivity index (χ3v) is 2.61. The van der Waals surface area contributed by atoms with Gasteiger partial charge in [0.05, 0.1) is 10.5 Å². The second-order valence-corrected chi connectivity index (χ2v) is 4.06. The third-order valence-electron chi connectivity index (χ3n) is 2.11. The molecule has 0 saturated carbocycles. The summed E-state index contributed by atoms with van der Waals surface area (Å²) in [4.78, 5) is 3.76. The van der Waals surface area contributed by atoms with Crippen LogP contribution in [0.2, 0.25) is 10.0 Å². The summed E-state index contributed by atoms with van der Waals surface area (Å²) in [6.45, 7) is 0. The maximum absolute atomic E-state index is 12.5. The van der Waals surface area contributed by atoms with E-state index in [0.29, 0.717) is 10.4 Å². The molecule has 0 aliphatic heterocycles. The van der Waals surface area contributed by atoms with Gasteiger partial charge in [-0.25, -0.2) is 13.8 Å². The molecule has 2 aromatic rings. The van der Waals surface area contributed by atoms with Crippen molar-refractivity contribution in [3.63, 3.8) is 0 Å². The molecule has 0 radical (unpaired) electrons. The molecule has 0 aliphatic rings. The molecule has 2 nitrogen and oxygen atoms in total. The number of halogens is 4. The topological polar surface area (TPSA) is 38.9 Å². The number of nitrogens with two attached hydrogens (primary N) is 1. The number of nitrogens with zero attached hydrogens (tertiary/aromatic N) is 1. The van der Waals surface area contributed by atoms with Crippen molar-refractivity contribution in [1.29, 1.82) is 0 Å². The van der Waals surface area contributed by atoms with E-state index in [0.717, 1.165) is 6.07 Å². The summed E-state index contributed by atoms with van der Waals surface area (Å²) < 4.78 is 25.0. The van der Waals surface area contributed by atoms with Crippen LogP contribution in [0.4, 0.5) is 14.5 Å². The van der Waals surface area contributed by atoms with Crippen molar-refractivity contribution >= 4 is 39.8 Å². The molecule has 0 unspecified atom stereocenters. The van der Waals surface area contributed by atoms with Gasteiger partial charge in [-0.15, -0.1) is 0 Å². The van der Waals surface area contributed by atoms with E-state index in [2.05, 4.69) is 4.98 Å². The average molecular weight is 263 g/mol. The molecular formula is C10H6Cl2F2N2. The summed E-state index contributed by atoms with van der Waals surface area (Å²) >= 11 is 11.6. The Hall–Kier alpha value is -1.13. The van der Waals surface area contributed by atoms with Crippen molar-refractivity contribution in [1.82, 2.24) is 4.98 Å². The number of alkyl halides is 2. The van der Waals surface area contributed by atoms with E-state index in [4.69, 9.17) is 28.9 Å². The van der Waals surface area contributed by atoms with Gasteiger partial charge in [0, 0.05) is 16.1 Å². The highest BCUT2D eigenvalue weighted by Crippen LogP contribution is 2.32. The Morgan fingerprint density at radius 1 is 1.19 bits per heavy atom. The van der Waals surface area contributed by atoms with Crippen LogP contribution < -0.4 is 5.73 Å². The van der Waals surface area contributed by atoms with Gasteiger partial charge in [0.1, 0.15) is 5.69 Å². The number of hydrogen-bond donors (Lipinski definition) is 1. The first-order chi connectivity index (χ1) is 7.49. The maximum atomic E-state index is 12.5. The van der Waals surface area contributed by atoms with Crippen molar-refractivity contribution in [2.24, 2.45) is 0 Å². The van der Waals surface area contributed by atoms with Crippen molar-refractivity contribution in [3.8, 4) is 0 Å². The Balaban J connectivity index is 2.82. The SMILES string of the molecule is Nc1cc(C(F)F)nc2c(Cl)cc(Cl)cc12. The molecule has 84 valence electrons. The Kier molecular flexibility index (Phi) is 2.86. The van der Waals surface area contributed by atoms with E-state index in [1.165, 1.54) is 6.07 Å². The van der Waals surface area contributed by atoms with Crippen LogP contribution in [-0.4, -0.2) is 4.98 Å². The van der Waals surface area contributed by atoms with E-state index < -0.39 is 12.1 Å². The predicted molar refractivity (Wildman–Crippen MR) is 61.1 cm³/mol. The standard InChI is InChI=1S/C10H6Cl2F2N2/c11-4-1-5-7(15)3-8(10(13)14)16-9(5)6(12)2-4/h1-3,10H,(H2,15,16). The fourth-order valence-electron chi connectivity index (χ4n) is 1.41. The zero-order chi connectivity index (χ0) is 11.9. The van der Waals surface area contributed by atoms with Gasteiger partial charge >= 0.3 is 0 Å². The van der Waals surface area contributed by atoms with Crippen molar-refractivity contribution in [2.45, 2.75) is 6.43 Å². The number of pyridine rings is 1. The molecule has 16 heavy (non-hydrogen) atoms. The molecule has 0 fully saturated rings. The number of aromatic nitrogens is 1. The Labute approximate surface area is 100.0 Å². The van der Waals surface area contributed by atoms with Gasteiger partial charge in [-0.3, -0.25) is 0 Å². The second kappa shape index (κ2) is 4.03. The summed E-state index contributed by atoms with van der Waals surface area (Å²) in [5.74, 6) is 0. The van der Waals surface area contributed by atoms with Crippen molar-refractivity contribution in [2.75, 3.05) is 5.73 Å². The predicted octanol–water partition coefficient (Wildman–Crippen LogP) is 4.06. The molecule has 0 spiro atoms. The number of fused-ring (bicyclic) bond motifs is 1. The number of rotatable bonds is 1. The number of nitrogen functional groups attached to an aromatic ring is 1. The Morgan fingerprint density at radius 3 is 2.50 bits per heavy atom. The minimum Gasteiger partial charge on any atom is -0.398 e. The van der Waals surface area contributed by atoms with Gasteiger partial charge in [-0.2, -0.15) is 0 Å². The van der Waals surface area contributed by atoms with E-state index in [1.54, 1.807) is 6.07 Å². The maximum Gasteiger partial charge on any atom is 0.280 e. The van der Waals surface area contributed by atoms with Crippen LogP contribution in [0.5, 0.6) is 0 Å². The monoisotopic (exact) mass is 262 g/mol. The quantitative estimate of drug-likeness (QED) is 0.842. The van der Waals surface area contributed by atoms with Crippen LogP contribution in [0.3, 0.4) is 0 Å². The average Bonchev–Trinajstić information content (AvgIpc) is 2.19. The van der Waals surface area contributed by atoms with E-state index >= 15 is 0 Å². The molecule has 0 bridgehead atoms. The highest BCUT2D eigenvalue weighted by molar-refractivity contribution is 6.38. The van der Waals surface area contributed by atoms with Gasteiger partial charge in [0.2, 0.25) is 0 Å². The van der Waals surface area contributed by atoms with Crippen LogP contribution in [0.25, 0.3) is 10.9 Å². The first-order valence-electron chi connectivity index (χ1n) is 4.32. The third kappa shape index (κ3) is 1.90. The normalized spacial score (nSPS) is 11.3. The van der Waals surface area contributed by atoms with E-state index in [-0.39, 0.29) is 16.2 Å². The summed E-state index contributed by atoms with van der Waals surface area (Å²) in [6, 6.07) is 4.10. The molecule has 2 N–H and O–H groups in total. The summed E-state index contributed by atoms with van der Waals surface area (Å²) in [5.41, 5.74) is 5.67. The number of hydrogen-bond acceptors (Lipinski definition) is 2. The molecule has 0 saturated heterocycles. The highest BCUT2D eigenvalue weighted by Gasteiger charge is 2.14. The molecule has 0 aliphatic carbocycles. The summed E-state index contributed by atoms with van der Waals surface area (Å²) in [5, 5.41) is 1.06. The molecule has 0 amide bonds. The molecule has 0 atom stereocenters. The van der Waals surface area contributed by atoms with Crippen molar-refractivity contribution in [3.05, 3.63) is 33.9 Å². The van der Waals surface area contributed by atoms with Crippen molar-refractivity contribution < 1.29 is 8.78 Å². The fraction of sp³-hybridized carbons (Fsp3) is 0.100. The first-order valence-corrected chi connectivity index (χ1v) is 5.08. The molecule has 1 heterocycles. The largest absolute Gasteiger partial charge is 0.398 e. The first kappa shape index (κ1) is 11.4. The van der Waals surface area contributed by atoms with Crippen LogP contribution in [-0.2, 0) is 0 Å². The summed E-state index contributed by atoms with van der Waals surface area (Å²) in [6.07, 6.45) is -2.68. The molecule has 1 aromatic carbocycles. The smallest absolute Gasteiger partial charge is 0.280 e. The minimum atomic E-state index is -2.68. The molecule has 2 rings (SSSR count). The van der Waals surface area contributed by atoms with Gasteiger partial charge in [0.25, 0.3) is 6.43 Å². The van der Waals surface area contributed by atoms with Crippen LogP contribution in [0.1, 0.15) is 12.1 Å². The Morgan fingerprint density at radius 2 is 1.88 bits per heavy atom. The molecular weight excluding hydrogens is 257 g/mol. The zero-order valence-electron chi connectivity index (χ0n) is 7.85. The number of anilines is 1. The lowest BCUT2D eigenvalue weighted by molar-refractivity contribution is 0.146. The molecule has 1 aromatic heterocycles. The van der Waals surface area contributed by atoms with E-state index in [1.807, 2.05) is 0 Å². The lowest BCUT2D eigenvalue weighted by Crippen LogP contribution is -1.96. The van der Waals surface area contributed by atoms with Gasteiger partial charge in [0.15, 0.2) is 0 Å². The lowest BCUT2D eigenvalue weighted by atomic mass is 10.1. The number of benzene rings is 1. The van der Waals surface area contributed by atoms with Gasteiger partial charge in [-0.1, -0.05) is 23.2 Å². The lowest BCUT2D eigenvalue weighted by Gasteiger charge is -2.07. The Bertz CT molecular complexity index is 558. The second-order valence-electron chi connectivity index (χ2n) is 3.22. The van der Waals surface area contributed by atoms with E-state index in [9.17, 15) is 8.78 Å². The van der Waals surface area contributed by atoms with Crippen LogP contribution in [0.15, 0.2) is 18.2 Å².